The third-order valence-electron chi connectivity index (χ3n) is 3.24. The molecule has 0 spiro atoms. The molecule has 0 saturated carbocycles. The van der Waals surface area contributed by atoms with Gasteiger partial charge in [0, 0.05) is 27.2 Å². The number of morpholine rings is 1. The van der Waals surface area contributed by atoms with Crippen molar-refractivity contribution in [1.29, 1.82) is 0 Å². The van der Waals surface area contributed by atoms with Crippen molar-refractivity contribution in [2.45, 2.75) is 24.0 Å². The summed E-state index contributed by atoms with van der Waals surface area (Å²) >= 11 is 6.51. The van der Waals surface area contributed by atoms with Crippen LogP contribution in [0.25, 0.3) is 0 Å². The van der Waals surface area contributed by atoms with Crippen molar-refractivity contribution in [3.05, 3.63) is 21.1 Å². The van der Waals surface area contributed by atoms with Gasteiger partial charge in [0.05, 0.1) is 19.3 Å². The van der Waals surface area contributed by atoms with Gasteiger partial charge in [-0.25, -0.2) is 8.42 Å². The first-order chi connectivity index (χ1) is 9.77. The maximum absolute atomic E-state index is 12.9. The molecule has 0 amide bonds. The normalized spacial score (nSPS) is 24.2. The predicted octanol–water partition coefficient (Wildman–Crippen LogP) is 1.56. The summed E-state index contributed by atoms with van der Waals surface area (Å²) in [5.74, 6) is 0. The Morgan fingerprint density at radius 3 is 2.52 bits per heavy atom. The maximum Gasteiger partial charge on any atom is 0.245 e. The van der Waals surface area contributed by atoms with E-state index in [-0.39, 0.29) is 30.7 Å². The first kappa shape index (κ1) is 17.2. The molecule has 0 radical (unpaired) electrons. The first-order valence-electron chi connectivity index (χ1n) is 6.26. The lowest BCUT2D eigenvalue weighted by atomic mass is 10.2. The number of aliphatic hydroxyl groups is 1. The molecule has 0 bridgehead atoms. The Hall–Kier alpha value is -0.190. The molecule has 6 nitrogen and oxygen atoms in total. The Morgan fingerprint density at radius 1 is 1.43 bits per heavy atom. The lowest BCUT2D eigenvalue weighted by Gasteiger charge is -2.36. The number of ether oxygens (including phenoxy) is 1. The molecule has 21 heavy (non-hydrogen) atoms. The van der Waals surface area contributed by atoms with Gasteiger partial charge < -0.3 is 15.6 Å². The van der Waals surface area contributed by atoms with E-state index < -0.39 is 16.1 Å². The van der Waals surface area contributed by atoms with Crippen molar-refractivity contribution in [3.8, 4) is 0 Å². The Labute approximate surface area is 140 Å². The smallest absolute Gasteiger partial charge is 0.245 e. The lowest BCUT2D eigenvalue weighted by Crippen LogP contribution is -2.51. The van der Waals surface area contributed by atoms with E-state index in [0.717, 1.165) is 0 Å². The summed E-state index contributed by atoms with van der Waals surface area (Å²) in [7, 11) is -3.74. The number of anilines is 1. The maximum atomic E-state index is 12.9. The van der Waals surface area contributed by atoms with Crippen LogP contribution in [0, 0.1) is 0 Å². The number of nitrogens with zero attached hydrogens (tertiary/aromatic N) is 1. The largest absolute Gasteiger partial charge is 0.399 e. The molecule has 9 heteroatoms. The Morgan fingerprint density at radius 2 is 2.00 bits per heavy atom. The number of aliphatic hydroxyl groups excluding tert-OH is 1. The van der Waals surface area contributed by atoms with Crippen LogP contribution in [-0.4, -0.2) is 49.7 Å². The second-order valence-corrected chi connectivity index (χ2v) is 8.41. The van der Waals surface area contributed by atoms with Crippen molar-refractivity contribution >= 4 is 47.6 Å². The van der Waals surface area contributed by atoms with Crippen LogP contribution in [0.3, 0.4) is 0 Å². The van der Waals surface area contributed by atoms with Crippen molar-refractivity contribution in [2.75, 3.05) is 25.5 Å². The molecule has 2 atom stereocenters. The zero-order valence-electron chi connectivity index (χ0n) is 11.3. The van der Waals surface area contributed by atoms with E-state index >= 15 is 0 Å². The van der Waals surface area contributed by atoms with Gasteiger partial charge in [0.25, 0.3) is 0 Å². The van der Waals surface area contributed by atoms with E-state index in [4.69, 9.17) is 10.5 Å². The predicted molar refractivity (Wildman–Crippen MR) is 86.4 cm³/mol. The monoisotopic (exact) mass is 442 g/mol. The minimum Gasteiger partial charge on any atom is -0.399 e. The number of hydrogen-bond donors (Lipinski definition) is 2. The van der Waals surface area contributed by atoms with Gasteiger partial charge >= 0.3 is 0 Å². The third kappa shape index (κ3) is 3.43. The molecule has 118 valence electrons. The van der Waals surface area contributed by atoms with Gasteiger partial charge in [-0.2, -0.15) is 4.31 Å². The van der Waals surface area contributed by atoms with Gasteiger partial charge in [-0.15, -0.1) is 0 Å². The Bertz CT molecular complexity index is 615. The Balaban J connectivity index is 2.46. The lowest BCUT2D eigenvalue weighted by molar-refractivity contribution is -0.0516. The average Bonchev–Trinajstić information content (AvgIpc) is 2.37. The summed E-state index contributed by atoms with van der Waals surface area (Å²) in [6.45, 7) is 1.91. The fraction of sp³-hybridized carbons (Fsp3) is 0.500. The van der Waals surface area contributed by atoms with E-state index in [9.17, 15) is 13.5 Å². The number of nitrogen functional groups attached to an aromatic ring is 1. The van der Waals surface area contributed by atoms with E-state index in [2.05, 4.69) is 31.9 Å². The molecule has 1 heterocycles. The molecule has 3 N–H and O–H groups in total. The van der Waals surface area contributed by atoms with Gasteiger partial charge in [-0.1, -0.05) is 0 Å². The van der Waals surface area contributed by atoms with Crippen LogP contribution in [0.2, 0.25) is 0 Å². The summed E-state index contributed by atoms with van der Waals surface area (Å²) in [5, 5.41) is 9.20. The molecule has 1 aromatic carbocycles. The van der Waals surface area contributed by atoms with Crippen molar-refractivity contribution < 1.29 is 18.3 Å². The molecule has 2 unspecified atom stereocenters. The molecule has 1 fully saturated rings. The SMILES string of the molecule is CC1COC(CO)CN1S(=O)(=O)c1c(Br)cc(N)cc1Br. The van der Waals surface area contributed by atoms with Crippen LogP contribution in [0.4, 0.5) is 5.69 Å². The minimum absolute atomic E-state index is 0.114. The Kier molecular flexibility index (Phi) is 5.32. The summed E-state index contributed by atoms with van der Waals surface area (Å²) < 4.78 is 33.3. The van der Waals surface area contributed by atoms with Crippen LogP contribution in [0.15, 0.2) is 26.0 Å². The highest BCUT2D eigenvalue weighted by molar-refractivity contribution is 9.11. The first-order valence-corrected chi connectivity index (χ1v) is 9.28. The van der Waals surface area contributed by atoms with Crippen LogP contribution in [0.5, 0.6) is 0 Å². The topological polar surface area (TPSA) is 92.9 Å². The van der Waals surface area contributed by atoms with E-state index in [1.54, 1.807) is 19.1 Å². The minimum atomic E-state index is -3.74. The molecular formula is C12H16Br2N2O4S. The van der Waals surface area contributed by atoms with Crippen molar-refractivity contribution in [2.24, 2.45) is 0 Å². The quantitative estimate of drug-likeness (QED) is 0.691. The summed E-state index contributed by atoms with van der Waals surface area (Å²) in [6.07, 6.45) is -0.512. The summed E-state index contributed by atoms with van der Waals surface area (Å²) in [5.41, 5.74) is 6.15. The highest BCUT2D eigenvalue weighted by Gasteiger charge is 2.37. The summed E-state index contributed by atoms with van der Waals surface area (Å²) in [4.78, 5) is 0.127. The zero-order valence-corrected chi connectivity index (χ0v) is 15.3. The molecule has 0 aromatic heterocycles. The number of rotatable bonds is 3. The second-order valence-electron chi connectivity index (χ2n) is 4.88. The highest BCUT2D eigenvalue weighted by Crippen LogP contribution is 2.35. The summed E-state index contributed by atoms with van der Waals surface area (Å²) in [6, 6.07) is 2.78. The molecular weight excluding hydrogens is 428 g/mol. The van der Waals surface area contributed by atoms with Crippen molar-refractivity contribution in [1.82, 2.24) is 4.31 Å². The van der Waals surface area contributed by atoms with Crippen molar-refractivity contribution in [3.63, 3.8) is 0 Å². The fourth-order valence-corrected chi connectivity index (χ4v) is 6.37. The number of nitrogens with two attached hydrogens (primary N) is 1. The molecule has 1 aliphatic heterocycles. The molecule has 0 aliphatic carbocycles. The standard InChI is InChI=1S/C12H16Br2N2O4S/c1-7-6-20-9(5-17)4-16(7)21(18,19)12-10(13)2-8(15)3-11(12)14/h2-3,7,9,17H,4-6,15H2,1H3. The van der Waals surface area contributed by atoms with E-state index in [1.165, 1.54) is 4.31 Å². The fourth-order valence-electron chi connectivity index (χ4n) is 2.18. The van der Waals surface area contributed by atoms with E-state index in [0.29, 0.717) is 14.6 Å². The highest BCUT2D eigenvalue weighted by atomic mass is 79.9. The molecule has 1 aliphatic rings. The number of benzene rings is 1. The molecule has 2 rings (SSSR count). The number of halogens is 2. The molecule has 1 aromatic rings. The number of hydrogen-bond acceptors (Lipinski definition) is 5. The number of sulfonamides is 1. The van der Waals surface area contributed by atoms with Crippen LogP contribution in [0.1, 0.15) is 6.92 Å². The molecule has 1 saturated heterocycles. The zero-order chi connectivity index (χ0) is 15.8. The van der Waals surface area contributed by atoms with Gasteiger partial charge in [-0.05, 0) is 50.9 Å². The van der Waals surface area contributed by atoms with Crippen LogP contribution >= 0.6 is 31.9 Å². The van der Waals surface area contributed by atoms with E-state index in [1.807, 2.05) is 0 Å². The third-order valence-corrected chi connectivity index (χ3v) is 7.10. The van der Waals surface area contributed by atoms with Crippen LogP contribution in [-0.2, 0) is 14.8 Å². The van der Waals surface area contributed by atoms with Crippen LogP contribution < -0.4 is 5.73 Å². The van der Waals surface area contributed by atoms with Gasteiger partial charge in [-0.3, -0.25) is 0 Å². The average molecular weight is 444 g/mol. The van der Waals surface area contributed by atoms with Gasteiger partial charge in [0.2, 0.25) is 10.0 Å². The van der Waals surface area contributed by atoms with Gasteiger partial charge in [0.15, 0.2) is 0 Å². The second kappa shape index (κ2) is 6.51. The van der Waals surface area contributed by atoms with Gasteiger partial charge in [0.1, 0.15) is 4.90 Å².